The summed E-state index contributed by atoms with van der Waals surface area (Å²) in [6.45, 7) is -0.165. The SMILES string of the molecule is COC(=O)c1cccc([N+](=O)[O-])c1C(=O)O[C@H]1c2cc3c(cc2[C@@H](c2cc(OC)c(OC)c(OC)c2)[C@H]2C(=O)OC[C@@H]21)OCO3. The number of nitro groups is 1. The molecule has 0 saturated carbocycles. The molecular weight excluding hydrogens is 594 g/mol. The summed E-state index contributed by atoms with van der Waals surface area (Å²) in [7, 11) is 5.51. The zero-order chi connectivity index (χ0) is 32.0. The van der Waals surface area contributed by atoms with Gasteiger partial charge in [0.25, 0.3) is 5.69 Å². The van der Waals surface area contributed by atoms with Crippen LogP contribution in [0.25, 0.3) is 0 Å². The molecule has 0 unspecified atom stereocenters. The summed E-state index contributed by atoms with van der Waals surface area (Å²) in [5.41, 5.74) is 0.0746. The highest BCUT2D eigenvalue weighted by Crippen LogP contribution is 2.56. The Hall–Kier alpha value is -5.53. The molecule has 45 heavy (non-hydrogen) atoms. The first kappa shape index (κ1) is 29.5. The van der Waals surface area contributed by atoms with E-state index in [0.29, 0.717) is 45.4 Å². The maximum absolute atomic E-state index is 13.8. The number of ether oxygens (including phenoxy) is 8. The van der Waals surface area contributed by atoms with Gasteiger partial charge in [0.1, 0.15) is 6.10 Å². The summed E-state index contributed by atoms with van der Waals surface area (Å²) in [5, 5.41) is 11.9. The van der Waals surface area contributed by atoms with Crippen molar-refractivity contribution in [3.63, 3.8) is 0 Å². The number of esters is 3. The number of nitrogens with zero attached hydrogens (tertiary/aromatic N) is 1. The first-order chi connectivity index (χ1) is 21.7. The predicted molar refractivity (Wildman–Crippen MR) is 151 cm³/mol. The van der Waals surface area contributed by atoms with Gasteiger partial charge in [-0.25, -0.2) is 9.59 Å². The van der Waals surface area contributed by atoms with Gasteiger partial charge in [-0.1, -0.05) is 6.07 Å². The maximum atomic E-state index is 13.8. The second-order valence-electron chi connectivity index (χ2n) is 10.4. The largest absolute Gasteiger partial charge is 0.493 e. The number of cyclic esters (lactones) is 1. The molecule has 3 aliphatic rings. The molecule has 0 bridgehead atoms. The normalized spacial score (nSPS) is 20.8. The van der Waals surface area contributed by atoms with Gasteiger partial charge in [-0.05, 0) is 41.5 Å². The molecule has 1 fully saturated rings. The Morgan fingerprint density at radius 2 is 1.56 bits per heavy atom. The third-order valence-corrected chi connectivity index (χ3v) is 8.25. The third-order valence-electron chi connectivity index (χ3n) is 8.25. The Kier molecular flexibility index (Phi) is 7.56. The van der Waals surface area contributed by atoms with Crippen molar-refractivity contribution in [1.82, 2.24) is 0 Å². The van der Waals surface area contributed by atoms with Gasteiger partial charge in [0.05, 0.1) is 51.5 Å². The minimum atomic E-state index is -1.15. The van der Waals surface area contributed by atoms with Crippen LogP contribution in [0.5, 0.6) is 28.7 Å². The van der Waals surface area contributed by atoms with E-state index in [0.717, 1.165) is 13.2 Å². The summed E-state index contributed by atoms with van der Waals surface area (Å²) in [6, 6.07) is 10.4. The van der Waals surface area contributed by atoms with Crippen LogP contribution in [0, 0.1) is 22.0 Å². The fraction of sp³-hybridized carbons (Fsp3) is 0.323. The first-order valence-corrected chi connectivity index (χ1v) is 13.7. The maximum Gasteiger partial charge on any atom is 0.346 e. The topological polar surface area (TPSA) is 168 Å². The van der Waals surface area contributed by atoms with Gasteiger partial charge in [0.15, 0.2) is 28.6 Å². The van der Waals surface area contributed by atoms with E-state index in [4.69, 9.17) is 37.9 Å². The summed E-state index contributed by atoms with van der Waals surface area (Å²) >= 11 is 0. The molecule has 14 nitrogen and oxygen atoms in total. The van der Waals surface area contributed by atoms with Crippen molar-refractivity contribution in [2.24, 2.45) is 11.8 Å². The fourth-order valence-electron chi connectivity index (χ4n) is 6.31. The lowest BCUT2D eigenvalue weighted by Gasteiger charge is -2.38. The van der Waals surface area contributed by atoms with E-state index < -0.39 is 57.9 Å². The Balaban J connectivity index is 1.53. The van der Waals surface area contributed by atoms with Crippen LogP contribution in [0.15, 0.2) is 42.5 Å². The van der Waals surface area contributed by atoms with E-state index in [-0.39, 0.29) is 19.0 Å². The molecule has 1 aliphatic carbocycles. The molecule has 0 radical (unpaired) electrons. The van der Waals surface area contributed by atoms with Crippen LogP contribution in [0.2, 0.25) is 0 Å². The molecule has 0 aromatic heterocycles. The molecule has 0 spiro atoms. The van der Waals surface area contributed by atoms with Crippen molar-refractivity contribution in [2.75, 3.05) is 41.8 Å². The number of benzene rings is 3. The Bertz CT molecular complexity index is 1710. The Morgan fingerprint density at radius 1 is 0.889 bits per heavy atom. The zero-order valence-electron chi connectivity index (χ0n) is 24.5. The molecule has 2 heterocycles. The van der Waals surface area contributed by atoms with Gasteiger partial charge in [-0.3, -0.25) is 14.9 Å². The van der Waals surface area contributed by atoms with Crippen molar-refractivity contribution in [1.29, 1.82) is 0 Å². The third kappa shape index (κ3) is 4.78. The lowest BCUT2D eigenvalue weighted by atomic mass is 9.66. The van der Waals surface area contributed by atoms with Gasteiger partial charge < -0.3 is 37.9 Å². The summed E-state index contributed by atoms with van der Waals surface area (Å²) < 4.78 is 44.2. The number of hydrogen-bond donors (Lipinski definition) is 0. The number of carbonyl (C=O) groups excluding carboxylic acids is 3. The zero-order valence-corrected chi connectivity index (χ0v) is 24.5. The van der Waals surface area contributed by atoms with Crippen molar-refractivity contribution in [3.05, 3.63) is 80.4 Å². The van der Waals surface area contributed by atoms with E-state index in [1.807, 2.05) is 0 Å². The van der Waals surface area contributed by atoms with Gasteiger partial charge in [0, 0.05) is 23.5 Å². The standard InChI is InChI=1S/C31H27NO13/c1-38-22-8-14(9-23(39-2)28(22)40-3)24-16-10-20-21(44-13-43-20)11-17(16)27(18-12-42-30(34)26(18)24)45-31(35)25-15(29(33)41-4)6-5-7-19(25)32(36)37/h5-11,18,24,26-27H,12-13H2,1-4H3/t18-,24+,26-,27-/m0/s1. The second-order valence-corrected chi connectivity index (χ2v) is 10.4. The van der Waals surface area contributed by atoms with E-state index >= 15 is 0 Å². The summed E-state index contributed by atoms with van der Waals surface area (Å²) in [5.74, 6) is -3.05. The van der Waals surface area contributed by atoms with Crippen LogP contribution in [-0.4, -0.2) is 64.7 Å². The van der Waals surface area contributed by atoms with Crippen LogP contribution in [0.3, 0.4) is 0 Å². The molecule has 4 atom stereocenters. The fourth-order valence-corrected chi connectivity index (χ4v) is 6.31. The molecule has 3 aromatic rings. The Morgan fingerprint density at radius 3 is 2.16 bits per heavy atom. The van der Waals surface area contributed by atoms with Crippen LogP contribution < -0.4 is 23.7 Å². The molecule has 0 N–H and O–H groups in total. The molecule has 6 rings (SSSR count). The lowest BCUT2D eigenvalue weighted by Crippen LogP contribution is -2.37. The van der Waals surface area contributed by atoms with Gasteiger partial charge in [-0.15, -0.1) is 0 Å². The number of nitro benzene ring substituents is 1. The molecule has 3 aromatic carbocycles. The highest BCUT2D eigenvalue weighted by Gasteiger charge is 2.54. The van der Waals surface area contributed by atoms with Crippen LogP contribution in [0.4, 0.5) is 5.69 Å². The average Bonchev–Trinajstić information content (AvgIpc) is 3.68. The van der Waals surface area contributed by atoms with Gasteiger partial charge in [0.2, 0.25) is 12.5 Å². The van der Waals surface area contributed by atoms with Crippen molar-refractivity contribution >= 4 is 23.6 Å². The van der Waals surface area contributed by atoms with Crippen LogP contribution in [-0.2, 0) is 19.0 Å². The molecular formula is C31H27NO13. The second kappa shape index (κ2) is 11.5. The predicted octanol–water partition coefficient (Wildman–Crippen LogP) is 3.97. The molecule has 0 amide bonds. The van der Waals surface area contributed by atoms with Crippen LogP contribution in [0.1, 0.15) is 49.4 Å². The summed E-state index contributed by atoms with van der Waals surface area (Å²) in [6.07, 6.45) is -1.14. The van der Waals surface area contributed by atoms with Gasteiger partial charge in [-0.2, -0.15) is 0 Å². The molecule has 234 valence electrons. The van der Waals surface area contributed by atoms with E-state index in [9.17, 15) is 24.5 Å². The highest BCUT2D eigenvalue weighted by molar-refractivity contribution is 6.06. The average molecular weight is 622 g/mol. The lowest BCUT2D eigenvalue weighted by molar-refractivity contribution is -0.385. The smallest absolute Gasteiger partial charge is 0.346 e. The van der Waals surface area contributed by atoms with Gasteiger partial charge >= 0.3 is 17.9 Å². The van der Waals surface area contributed by atoms with E-state index in [1.54, 1.807) is 24.3 Å². The molecule has 2 aliphatic heterocycles. The highest BCUT2D eigenvalue weighted by atomic mass is 16.7. The monoisotopic (exact) mass is 621 g/mol. The first-order valence-electron chi connectivity index (χ1n) is 13.7. The quantitative estimate of drug-likeness (QED) is 0.153. The summed E-state index contributed by atoms with van der Waals surface area (Å²) in [4.78, 5) is 50.9. The molecule has 1 saturated heterocycles. The Labute approximate surface area is 255 Å². The number of fused-ring (bicyclic) bond motifs is 3. The molecule has 14 heteroatoms. The van der Waals surface area contributed by atoms with Crippen LogP contribution >= 0.6 is 0 Å². The van der Waals surface area contributed by atoms with Crippen molar-refractivity contribution < 1.29 is 57.2 Å². The number of rotatable bonds is 8. The van der Waals surface area contributed by atoms with E-state index in [2.05, 4.69) is 0 Å². The number of hydrogen-bond acceptors (Lipinski definition) is 13. The minimum absolute atomic E-state index is 0.0505. The van der Waals surface area contributed by atoms with E-state index in [1.165, 1.54) is 33.5 Å². The van der Waals surface area contributed by atoms with Crippen molar-refractivity contribution in [3.8, 4) is 28.7 Å². The number of carbonyl (C=O) groups is 3. The van der Waals surface area contributed by atoms with Crippen molar-refractivity contribution in [2.45, 2.75) is 12.0 Å². The minimum Gasteiger partial charge on any atom is -0.493 e. The number of methoxy groups -OCH3 is 4.